The molecular formula is C14H16N2OS2. The zero-order valence-electron chi connectivity index (χ0n) is 11.0. The second-order valence-corrected chi connectivity index (χ2v) is 6.45. The van der Waals surface area contributed by atoms with Crippen LogP contribution in [-0.4, -0.2) is 35.6 Å². The summed E-state index contributed by atoms with van der Waals surface area (Å²) in [5.74, 6) is 0.936. The second kappa shape index (κ2) is 6.73. The van der Waals surface area contributed by atoms with Gasteiger partial charge in [0.15, 0.2) is 4.34 Å². The molecule has 0 aliphatic rings. The third-order valence-corrected chi connectivity index (χ3v) is 4.62. The van der Waals surface area contributed by atoms with Crippen LogP contribution in [0.1, 0.15) is 6.42 Å². The van der Waals surface area contributed by atoms with Gasteiger partial charge in [-0.1, -0.05) is 42.1 Å². The van der Waals surface area contributed by atoms with Crippen LogP contribution in [0.3, 0.4) is 0 Å². The van der Waals surface area contributed by atoms with E-state index in [4.69, 9.17) is 0 Å². The number of hydrogen-bond donors (Lipinski definition) is 0. The van der Waals surface area contributed by atoms with Crippen LogP contribution in [0.4, 0.5) is 0 Å². The van der Waals surface area contributed by atoms with Gasteiger partial charge in [-0.05, 0) is 0 Å². The standard InChI is InChI=1S/C14H16N2OS2/c1-16(2)13(17)8-9-18-14-15-12(10-19-14)11-6-4-3-5-7-11/h3-7,10H,8-9H2,1-2H3. The van der Waals surface area contributed by atoms with E-state index in [1.54, 1.807) is 42.1 Å². The van der Waals surface area contributed by atoms with Crippen molar-refractivity contribution in [3.8, 4) is 11.3 Å². The summed E-state index contributed by atoms with van der Waals surface area (Å²) in [4.78, 5) is 17.7. The Morgan fingerprint density at radius 2 is 2.05 bits per heavy atom. The number of thioether (sulfide) groups is 1. The molecule has 0 atom stereocenters. The molecule has 0 fully saturated rings. The molecule has 0 aliphatic carbocycles. The van der Waals surface area contributed by atoms with E-state index in [-0.39, 0.29) is 5.91 Å². The molecule has 5 heteroatoms. The van der Waals surface area contributed by atoms with Gasteiger partial charge in [-0.25, -0.2) is 4.98 Å². The maximum Gasteiger partial charge on any atom is 0.222 e. The largest absolute Gasteiger partial charge is 0.349 e. The average molecular weight is 292 g/mol. The highest BCUT2D eigenvalue weighted by molar-refractivity contribution is 8.01. The first kappa shape index (κ1) is 14.1. The molecule has 0 radical (unpaired) electrons. The van der Waals surface area contributed by atoms with Crippen molar-refractivity contribution in [1.29, 1.82) is 0 Å². The van der Waals surface area contributed by atoms with E-state index in [1.165, 1.54) is 0 Å². The number of carbonyl (C=O) groups excluding carboxylic acids is 1. The zero-order valence-corrected chi connectivity index (χ0v) is 12.6. The van der Waals surface area contributed by atoms with E-state index in [2.05, 4.69) is 22.5 Å². The topological polar surface area (TPSA) is 33.2 Å². The van der Waals surface area contributed by atoms with Gasteiger partial charge in [0.05, 0.1) is 5.69 Å². The lowest BCUT2D eigenvalue weighted by atomic mass is 10.2. The highest BCUT2D eigenvalue weighted by Gasteiger charge is 2.07. The molecule has 2 aromatic rings. The summed E-state index contributed by atoms with van der Waals surface area (Å²) >= 11 is 3.27. The molecule has 0 saturated heterocycles. The Labute approximate surface area is 121 Å². The fourth-order valence-corrected chi connectivity index (χ4v) is 3.35. The van der Waals surface area contributed by atoms with Crippen molar-refractivity contribution in [3.63, 3.8) is 0 Å². The van der Waals surface area contributed by atoms with Gasteiger partial charge in [-0.3, -0.25) is 4.79 Å². The Bertz CT molecular complexity index is 537. The van der Waals surface area contributed by atoms with Crippen LogP contribution in [0.2, 0.25) is 0 Å². The molecule has 0 saturated carbocycles. The van der Waals surface area contributed by atoms with E-state index in [9.17, 15) is 4.79 Å². The Hall–Kier alpha value is -1.33. The lowest BCUT2D eigenvalue weighted by molar-refractivity contribution is -0.128. The summed E-state index contributed by atoms with van der Waals surface area (Å²) in [5, 5.41) is 2.06. The first-order valence-electron chi connectivity index (χ1n) is 6.00. The van der Waals surface area contributed by atoms with Gasteiger partial charge in [-0.15, -0.1) is 11.3 Å². The smallest absolute Gasteiger partial charge is 0.222 e. The van der Waals surface area contributed by atoms with Crippen LogP contribution in [0.25, 0.3) is 11.3 Å². The van der Waals surface area contributed by atoms with Crippen molar-refractivity contribution in [2.24, 2.45) is 0 Å². The minimum absolute atomic E-state index is 0.160. The third-order valence-electron chi connectivity index (χ3n) is 2.59. The van der Waals surface area contributed by atoms with Gasteiger partial charge < -0.3 is 4.90 Å². The minimum atomic E-state index is 0.160. The summed E-state index contributed by atoms with van der Waals surface area (Å²) in [7, 11) is 3.56. The van der Waals surface area contributed by atoms with Crippen LogP contribution in [0.5, 0.6) is 0 Å². The van der Waals surface area contributed by atoms with Crippen molar-refractivity contribution in [2.75, 3.05) is 19.8 Å². The molecule has 100 valence electrons. The summed E-state index contributed by atoms with van der Waals surface area (Å²) in [5.41, 5.74) is 2.14. The molecule has 0 spiro atoms. The second-order valence-electron chi connectivity index (χ2n) is 4.25. The predicted molar refractivity (Wildman–Crippen MR) is 81.6 cm³/mol. The molecule has 0 N–H and O–H groups in total. The Morgan fingerprint density at radius 1 is 1.32 bits per heavy atom. The average Bonchev–Trinajstić information content (AvgIpc) is 2.88. The van der Waals surface area contributed by atoms with Crippen LogP contribution in [0, 0.1) is 0 Å². The lowest BCUT2D eigenvalue weighted by Crippen LogP contribution is -2.21. The Kier molecular flexibility index (Phi) is 4.99. The molecule has 0 unspecified atom stereocenters. The number of rotatable bonds is 5. The van der Waals surface area contributed by atoms with E-state index in [1.807, 2.05) is 18.2 Å². The van der Waals surface area contributed by atoms with Gasteiger partial charge in [0.2, 0.25) is 5.91 Å². The fraction of sp³-hybridized carbons (Fsp3) is 0.286. The quantitative estimate of drug-likeness (QED) is 0.792. The van der Waals surface area contributed by atoms with Gasteiger partial charge in [-0.2, -0.15) is 0 Å². The maximum atomic E-state index is 11.5. The number of carbonyl (C=O) groups is 1. The maximum absolute atomic E-state index is 11.5. The summed E-state index contributed by atoms with van der Waals surface area (Å²) in [6, 6.07) is 10.1. The van der Waals surface area contributed by atoms with Crippen molar-refractivity contribution >= 4 is 29.0 Å². The number of aromatic nitrogens is 1. The molecule has 1 aromatic carbocycles. The number of amides is 1. The number of thiazole rings is 1. The van der Waals surface area contributed by atoms with Crippen LogP contribution in [-0.2, 0) is 4.79 Å². The fourth-order valence-electron chi connectivity index (χ4n) is 1.51. The highest BCUT2D eigenvalue weighted by atomic mass is 32.2. The van der Waals surface area contributed by atoms with E-state index < -0.39 is 0 Å². The first-order chi connectivity index (χ1) is 9.16. The summed E-state index contributed by atoms with van der Waals surface area (Å²) in [6.07, 6.45) is 0.553. The molecular weight excluding hydrogens is 276 g/mol. The third kappa shape index (κ3) is 4.08. The normalized spacial score (nSPS) is 10.4. The predicted octanol–water partition coefficient (Wildman–Crippen LogP) is 3.38. The molecule has 3 nitrogen and oxygen atoms in total. The lowest BCUT2D eigenvalue weighted by Gasteiger charge is -2.08. The first-order valence-corrected chi connectivity index (χ1v) is 7.87. The number of hydrogen-bond acceptors (Lipinski definition) is 4. The SMILES string of the molecule is CN(C)C(=O)CCSc1nc(-c2ccccc2)cs1. The van der Waals surface area contributed by atoms with Crippen LogP contribution >= 0.6 is 23.1 Å². The van der Waals surface area contributed by atoms with Crippen LogP contribution in [0.15, 0.2) is 40.1 Å². The Morgan fingerprint density at radius 3 is 2.74 bits per heavy atom. The Balaban J connectivity index is 1.90. The summed E-state index contributed by atoms with van der Waals surface area (Å²) in [6.45, 7) is 0. The van der Waals surface area contributed by atoms with E-state index >= 15 is 0 Å². The molecule has 0 bridgehead atoms. The highest BCUT2D eigenvalue weighted by Crippen LogP contribution is 2.28. The van der Waals surface area contributed by atoms with Gasteiger partial charge in [0, 0.05) is 37.2 Å². The van der Waals surface area contributed by atoms with Crippen molar-refractivity contribution < 1.29 is 4.79 Å². The molecule has 1 amide bonds. The van der Waals surface area contributed by atoms with Gasteiger partial charge in [0.1, 0.15) is 0 Å². The number of nitrogens with zero attached hydrogens (tertiary/aromatic N) is 2. The number of benzene rings is 1. The van der Waals surface area contributed by atoms with E-state index in [0.29, 0.717) is 6.42 Å². The van der Waals surface area contributed by atoms with Gasteiger partial charge in [0.25, 0.3) is 0 Å². The monoisotopic (exact) mass is 292 g/mol. The molecule has 19 heavy (non-hydrogen) atoms. The van der Waals surface area contributed by atoms with Crippen LogP contribution < -0.4 is 0 Å². The molecule has 0 aliphatic heterocycles. The molecule has 2 rings (SSSR count). The molecule has 1 aromatic heterocycles. The van der Waals surface area contributed by atoms with Crippen molar-refractivity contribution in [3.05, 3.63) is 35.7 Å². The zero-order chi connectivity index (χ0) is 13.7. The molecule has 1 heterocycles. The van der Waals surface area contributed by atoms with Crippen molar-refractivity contribution in [1.82, 2.24) is 9.88 Å². The van der Waals surface area contributed by atoms with Gasteiger partial charge >= 0.3 is 0 Å². The summed E-state index contributed by atoms with van der Waals surface area (Å²) < 4.78 is 1.02. The van der Waals surface area contributed by atoms with Crippen molar-refractivity contribution in [2.45, 2.75) is 10.8 Å². The minimum Gasteiger partial charge on any atom is -0.349 e. The van der Waals surface area contributed by atoms with E-state index in [0.717, 1.165) is 21.3 Å².